The average molecular weight is 224 g/mol. The van der Waals surface area contributed by atoms with Gasteiger partial charge in [0.25, 0.3) is 0 Å². The quantitative estimate of drug-likeness (QED) is 0.734. The van der Waals surface area contributed by atoms with Gasteiger partial charge in [0.05, 0.1) is 0 Å². The van der Waals surface area contributed by atoms with E-state index >= 15 is 0 Å². The van der Waals surface area contributed by atoms with Gasteiger partial charge in [-0.25, -0.2) is 4.98 Å². The smallest absolute Gasteiger partial charge is 0.138 e. The maximum atomic E-state index is 4.30. The van der Waals surface area contributed by atoms with E-state index in [0.717, 1.165) is 31.8 Å². The fourth-order valence-corrected chi connectivity index (χ4v) is 2.03. The summed E-state index contributed by atoms with van der Waals surface area (Å²) in [7, 11) is 0. The summed E-state index contributed by atoms with van der Waals surface area (Å²) in [6.07, 6.45) is 6.30. The van der Waals surface area contributed by atoms with Crippen molar-refractivity contribution in [3.8, 4) is 0 Å². The van der Waals surface area contributed by atoms with Gasteiger partial charge in [-0.15, -0.1) is 0 Å². The highest BCUT2D eigenvalue weighted by atomic mass is 15.3. The van der Waals surface area contributed by atoms with E-state index in [2.05, 4.69) is 36.2 Å². The van der Waals surface area contributed by atoms with Gasteiger partial charge in [0.1, 0.15) is 12.2 Å². The average Bonchev–Trinajstić information content (AvgIpc) is 2.74. The first-order valence-electron chi connectivity index (χ1n) is 6.41. The van der Waals surface area contributed by atoms with Crippen LogP contribution in [0.1, 0.15) is 45.9 Å². The molecule has 16 heavy (non-hydrogen) atoms. The van der Waals surface area contributed by atoms with Gasteiger partial charge in [0.15, 0.2) is 0 Å². The molecule has 1 aromatic rings. The number of rotatable bonds is 8. The second kappa shape index (κ2) is 7.39. The lowest BCUT2D eigenvalue weighted by atomic mass is 10.1. The molecule has 0 fully saturated rings. The minimum absolute atomic E-state index is 0.622. The second-order valence-electron chi connectivity index (χ2n) is 4.07. The zero-order valence-corrected chi connectivity index (χ0v) is 10.7. The van der Waals surface area contributed by atoms with E-state index in [0.29, 0.717) is 6.04 Å². The molecule has 4 heteroatoms. The third-order valence-corrected chi connectivity index (χ3v) is 2.84. The molecule has 0 saturated carbocycles. The molecular weight excluding hydrogens is 200 g/mol. The number of aryl methyl sites for hydroxylation is 2. The molecule has 0 aliphatic rings. The topological polar surface area (TPSA) is 42.7 Å². The molecule has 0 spiro atoms. The predicted octanol–water partition coefficient (Wildman–Crippen LogP) is 2.01. The lowest BCUT2D eigenvalue weighted by molar-refractivity contribution is 0.449. The predicted molar refractivity (Wildman–Crippen MR) is 66.4 cm³/mol. The minimum Gasteiger partial charge on any atom is -0.314 e. The van der Waals surface area contributed by atoms with Gasteiger partial charge in [0.2, 0.25) is 0 Å². The normalized spacial score (nSPS) is 12.9. The van der Waals surface area contributed by atoms with Crippen LogP contribution in [0.2, 0.25) is 0 Å². The van der Waals surface area contributed by atoms with Crippen molar-refractivity contribution in [2.75, 3.05) is 6.54 Å². The molecule has 4 nitrogen and oxygen atoms in total. The van der Waals surface area contributed by atoms with Crippen LogP contribution in [0.3, 0.4) is 0 Å². The molecule has 0 saturated heterocycles. The molecule has 0 aliphatic heterocycles. The first-order valence-corrected chi connectivity index (χ1v) is 6.41. The number of hydrogen-bond acceptors (Lipinski definition) is 3. The zero-order valence-electron chi connectivity index (χ0n) is 10.7. The second-order valence-corrected chi connectivity index (χ2v) is 4.07. The summed E-state index contributed by atoms with van der Waals surface area (Å²) in [6, 6.07) is 0.622. The fraction of sp³-hybridized carbons (Fsp3) is 0.833. The van der Waals surface area contributed by atoms with Crippen molar-refractivity contribution in [3.05, 3.63) is 12.2 Å². The van der Waals surface area contributed by atoms with E-state index in [4.69, 9.17) is 0 Å². The van der Waals surface area contributed by atoms with Crippen molar-refractivity contribution < 1.29 is 0 Å². The summed E-state index contributed by atoms with van der Waals surface area (Å²) in [6.45, 7) is 8.46. The molecule has 0 amide bonds. The molecule has 0 aliphatic carbocycles. The lowest BCUT2D eigenvalue weighted by Crippen LogP contribution is -2.29. The van der Waals surface area contributed by atoms with E-state index in [9.17, 15) is 0 Å². The van der Waals surface area contributed by atoms with Crippen molar-refractivity contribution in [3.63, 3.8) is 0 Å². The van der Waals surface area contributed by atoms with Crippen LogP contribution in [0.15, 0.2) is 6.33 Å². The zero-order chi connectivity index (χ0) is 11.8. The van der Waals surface area contributed by atoms with Gasteiger partial charge in [-0.05, 0) is 26.3 Å². The Morgan fingerprint density at radius 1 is 1.31 bits per heavy atom. The van der Waals surface area contributed by atoms with Crippen molar-refractivity contribution in [2.24, 2.45) is 0 Å². The number of hydrogen-bond donors (Lipinski definition) is 1. The van der Waals surface area contributed by atoms with Gasteiger partial charge in [-0.1, -0.05) is 20.3 Å². The van der Waals surface area contributed by atoms with E-state index < -0.39 is 0 Å². The maximum absolute atomic E-state index is 4.30. The van der Waals surface area contributed by atoms with Crippen LogP contribution in [0.25, 0.3) is 0 Å². The molecule has 1 aromatic heterocycles. The summed E-state index contributed by atoms with van der Waals surface area (Å²) >= 11 is 0. The van der Waals surface area contributed by atoms with Crippen molar-refractivity contribution in [1.29, 1.82) is 0 Å². The molecule has 1 atom stereocenters. The van der Waals surface area contributed by atoms with Gasteiger partial charge in [0, 0.05) is 19.0 Å². The Labute approximate surface area is 98.5 Å². The number of nitrogens with one attached hydrogen (secondary N) is 1. The Balaban J connectivity index is 2.41. The van der Waals surface area contributed by atoms with Crippen LogP contribution in [0.5, 0.6) is 0 Å². The summed E-state index contributed by atoms with van der Waals surface area (Å²) in [4.78, 5) is 4.30. The van der Waals surface area contributed by atoms with Crippen LogP contribution < -0.4 is 5.32 Å². The first-order chi connectivity index (χ1) is 7.81. The Hall–Kier alpha value is -0.900. The van der Waals surface area contributed by atoms with Crippen LogP contribution in [-0.4, -0.2) is 27.4 Å². The Kier molecular flexibility index (Phi) is 6.08. The monoisotopic (exact) mass is 224 g/mol. The third-order valence-electron chi connectivity index (χ3n) is 2.84. The molecule has 92 valence electrons. The van der Waals surface area contributed by atoms with Gasteiger partial charge in [-0.3, -0.25) is 4.68 Å². The van der Waals surface area contributed by atoms with Crippen molar-refractivity contribution in [2.45, 2.75) is 59.0 Å². The largest absolute Gasteiger partial charge is 0.314 e. The fourth-order valence-electron chi connectivity index (χ4n) is 2.03. The Morgan fingerprint density at radius 3 is 2.75 bits per heavy atom. The molecule has 0 bridgehead atoms. The molecule has 0 aromatic carbocycles. The van der Waals surface area contributed by atoms with Crippen molar-refractivity contribution in [1.82, 2.24) is 20.1 Å². The van der Waals surface area contributed by atoms with Gasteiger partial charge < -0.3 is 5.32 Å². The van der Waals surface area contributed by atoms with Crippen molar-refractivity contribution >= 4 is 0 Å². The summed E-state index contributed by atoms with van der Waals surface area (Å²) in [5, 5.41) is 7.72. The van der Waals surface area contributed by atoms with E-state index in [-0.39, 0.29) is 0 Å². The highest BCUT2D eigenvalue weighted by molar-refractivity contribution is 4.86. The van der Waals surface area contributed by atoms with E-state index in [1.165, 1.54) is 12.8 Å². The summed E-state index contributed by atoms with van der Waals surface area (Å²) in [5.41, 5.74) is 0. The van der Waals surface area contributed by atoms with E-state index in [1.807, 2.05) is 4.68 Å². The summed E-state index contributed by atoms with van der Waals surface area (Å²) in [5.74, 6) is 1.11. The SMILES string of the molecule is CCCC(CCc1ncnn1CC)NCC. The third kappa shape index (κ3) is 3.93. The molecule has 1 heterocycles. The number of aromatic nitrogens is 3. The lowest BCUT2D eigenvalue weighted by Gasteiger charge is -2.16. The highest BCUT2D eigenvalue weighted by Crippen LogP contribution is 2.06. The Bertz CT molecular complexity index is 276. The van der Waals surface area contributed by atoms with Crippen LogP contribution in [0, 0.1) is 0 Å². The standard InChI is InChI=1S/C12H24N4/c1-4-7-11(13-5-2)8-9-12-14-10-15-16(12)6-3/h10-11,13H,4-9H2,1-3H3. The molecule has 0 radical (unpaired) electrons. The van der Waals surface area contributed by atoms with E-state index in [1.54, 1.807) is 6.33 Å². The summed E-state index contributed by atoms with van der Waals surface area (Å²) < 4.78 is 1.98. The molecule has 1 unspecified atom stereocenters. The maximum Gasteiger partial charge on any atom is 0.138 e. The van der Waals surface area contributed by atoms with Crippen LogP contribution in [0.4, 0.5) is 0 Å². The van der Waals surface area contributed by atoms with Crippen LogP contribution >= 0.6 is 0 Å². The Morgan fingerprint density at radius 2 is 2.12 bits per heavy atom. The molecular formula is C12H24N4. The first kappa shape index (κ1) is 13.2. The van der Waals surface area contributed by atoms with Gasteiger partial charge in [-0.2, -0.15) is 5.10 Å². The molecule has 1 N–H and O–H groups in total. The van der Waals surface area contributed by atoms with Gasteiger partial charge >= 0.3 is 0 Å². The van der Waals surface area contributed by atoms with Crippen LogP contribution in [-0.2, 0) is 13.0 Å². The molecule has 1 rings (SSSR count). The number of nitrogens with zero attached hydrogens (tertiary/aromatic N) is 3. The highest BCUT2D eigenvalue weighted by Gasteiger charge is 2.09. The minimum atomic E-state index is 0.622.